The smallest absolute Gasteiger partial charge is 0.310 e. The van der Waals surface area contributed by atoms with Crippen LogP contribution in [0.15, 0.2) is 48.5 Å². The highest BCUT2D eigenvalue weighted by atomic mass is 35.5. The molecular formula is C21H23ClN2O3. The van der Waals surface area contributed by atoms with Gasteiger partial charge in [0.05, 0.1) is 6.42 Å². The van der Waals surface area contributed by atoms with E-state index in [2.05, 4.69) is 10.2 Å². The third-order valence-electron chi connectivity index (χ3n) is 4.50. The predicted octanol–water partition coefficient (Wildman–Crippen LogP) is 4.05. The summed E-state index contributed by atoms with van der Waals surface area (Å²) >= 11 is 5.81. The highest BCUT2D eigenvalue weighted by Gasteiger charge is 2.12. The summed E-state index contributed by atoms with van der Waals surface area (Å²) in [4.78, 5) is 26.2. The number of piperidine rings is 1. The van der Waals surface area contributed by atoms with Crippen molar-refractivity contribution in [3.63, 3.8) is 0 Å². The molecule has 1 saturated heterocycles. The Kier molecular flexibility index (Phi) is 6.71. The lowest BCUT2D eigenvalue weighted by Crippen LogP contribution is -2.29. The zero-order chi connectivity index (χ0) is 19.1. The topological polar surface area (TPSA) is 58.6 Å². The molecule has 0 atom stereocenters. The third-order valence-corrected chi connectivity index (χ3v) is 4.75. The fraction of sp³-hybridized carbons (Fsp3) is 0.333. The highest BCUT2D eigenvalue weighted by molar-refractivity contribution is 6.30. The average molecular weight is 387 g/mol. The van der Waals surface area contributed by atoms with Crippen LogP contribution in [-0.4, -0.2) is 31.6 Å². The molecule has 1 amide bonds. The number of carbonyl (C=O) groups is 2. The van der Waals surface area contributed by atoms with E-state index in [4.69, 9.17) is 16.3 Å². The number of hydrogen-bond acceptors (Lipinski definition) is 4. The molecule has 0 aromatic heterocycles. The minimum absolute atomic E-state index is 0.106. The zero-order valence-corrected chi connectivity index (χ0v) is 15.9. The van der Waals surface area contributed by atoms with Crippen LogP contribution >= 0.6 is 11.6 Å². The number of amides is 1. The Bertz CT molecular complexity index is 769. The third kappa shape index (κ3) is 6.00. The maximum atomic E-state index is 12.0. The maximum Gasteiger partial charge on any atom is 0.310 e. The summed E-state index contributed by atoms with van der Waals surface area (Å²) < 4.78 is 5.04. The molecule has 1 aliphatic rings. The van der Waals surface area contributed by atoms with Crippen LogP contribution in [0.3, 0.4) is 0 Å². The van der Waals surface area contributed by atoms with Crippen LogP contribution in [0.5, 0.6) is 0 Å². The molecule has 1 heterocycles. The second kappa shape index (κ2) is 9.42. The summed E-state index contributed by atoms with van der Waals surface area (Å²) in [6, 6.07) is 14.7. The van der Waals surface area contributed by atoms with Crippen molar-refractivity contribution in [1.82, 2.24) is 0 Å². The van der Waals surface area contributed by atoms with E-state index in [0.717, 1.165) is 18.7 Å². The molecule has 0 spiro atoms. The number of benzene rings is 2. The van der Waals surface area contributed by atoms with E-state index in [1.54, 1.807) is 24.3 Å². The summed E-state index contributed by atoms with van der Waals surface area (Å²) in [6.45, 7) is 1.85. The molecule has 0 unspecified atom stereocenters. The SMILES string of the molecule is O=C(COC(=O)Cc1ccc(Cl)cc1)Nc1ccc(N2CCCCC2)cc1. The van der Waals surface area contributed by atoms with Crippen molar-refractivity contribution in [3.8, 4) is 0 Å². The summed E-state index contributed by atoms with van der Waals surface area (Å²) in [5.41, 5.74) is 2.65. The number of esters is 1. The lowest BCUT2D eigenvalue weighted by atomic mass is 10.1. The number of rotatable bonds is 6. The van der Waals surface area contributed by atoms with Crippen LogP contribution in [0.25, 0.3) is 0 Å². The Labute approximate surface area is 164 Å². The molecule has 2 aromatic rings. The molecular weight excluding hydrogens is 364 g/mol. The summed E-state index contributed by atoms with van der Waals surface area (Å²) in [5.74, 6) is -0.807. The molecule has 1 fully saturated rings. The monoisotopic (exact) mass is 386 g/mol. The van der Waals surface area contributed by atoms with Gasteiger partial charge in [0.1, 0.15) is 0 Å². The zero-order valence-electron chi connectivity index (χ0n) is 15.1. The van der Waals surface area contributed by atoms with E-state index in [1.807, 2.05) is 24.3 Å². The van der Waals surface area contributed by atoms with E-state index in [1.165, 1.54) is 24.9 Å². The molecule has 2 aromatic carbocycles. The van der Waals surface area contributed by atoms with Gasteiger partial charge in [0.2, 0.25) is 0 Å². The molecule has 27 heavy (non-hydrogen) atoms. The first-order valence-corrected chi connectivity index (χ1v) is 9.53. The molecule has 1 N–H and O–H groups in total. The van der Waals surface area contributed by atoms with Crippen molar-refractivity contribution in [2.24, 2.45) is 0 Å². The largest absolute Gasteiger partial charge is 0.455 e. The molecule has 0 radical (unpaired) electrons. The number of carbonyl (C=O) groups excluding carboxylic acids is 2. The standard InChI is InChI=1S/C21H23ClN2O3/c22-17-6-4-16(5-7-17)14-21(26)27-15-20(25)23-18-8-10-19(11-9-18)24-12-2-1-3-13-24/h4-11H,1-3,12-15H2,(H,23,25). The van der Waals surface area contributed by atoms with Gasteiger partial charge in [-0.2, -0.15) is 0 Å². The van der Waals surface area contributed by atoms with E-state index >= 15 is 0 Å². The van der Waals surface area contributed by atoms with Crippen LogP contribution in [-0.2, 0) is 20.7 Å². The molecule has 5 nitrogen and oxygen atoms in total. The quantitative estimate of drug-likeness (QED) is 0.761. The van der Waals surface area contributed by atoms with Gasteiger partial charge in [0.25, 0.3) is 5.91 Å². The lowest BCUT2D eigenvalue weighted by molar-refractivity contribution is -0.146. The van der Waals surface area contributed by atoms with Gasteiger partial charge < -0.3 is 15.0 Å². The van der Waals surface area contributed by atoms with Gasteiger partial charge in [0, 0.05) is 29.5 Å². The van der Waals surface area contributed by atoms with Crippen molar-refractivity contribution in [3.05, 3.63) is 59.1 Å². The minimum atomic E-state index is -0.451. The minimum Gasteiger partial charge on any atom is -0.455 e. The lowest BCUT2D eigenvalue weighted by Gasteiger charge is -2.28. The average Bonchev–Trinajstić information content (AvgIpc) is 2.69. The Hall–Kier alpha value is -2.53. The van der Waals surface area contributed by atoms with Gasteiger partial charge in [-0.05, 0) is 61.2 Å². The fourth-order valence-corrected chi connectivity index (χ4v) is 3.20. The van der Waals surface area contributed by atoms with E-state index < -0.39 is 5.97 Å². The van der Waals surface area contributed by atoms with Gasteiger partial charge >= 0.3 is 5.97 Å². The number of ether oxygens (including phenoxy) is 1. The normalized spacial score (nSPS) is 13.9. The Balaban J connectivity index is 1.43. The molecule has 142 valence electrons. The van der Waals surface area contributed by atoms with Gasteiger partial charge in [-0.15, -0.1) is 0 Å². The summed E-state index contributed by atoms with van der Waals surface area (Å²) in [7, 11) is 0. The van der Waals surface area contributed by atoms with Crippen molar-refractivity contribution in [1.29, 1.82) is 0 Å². The van der Waals surface area contributed by atoms with Gasteiger partial charge in [0.15, 0.2) is 6.61 Å². The summed E-state index contributed by atoms with van der Waals surface area (Å²) in [6.07, 6.45) is 3.84. The first kappa shape index (κ1) is 19.2. The Morgan fingerprint density at radius 3 is 2.30 bits per heavy atom. The second-order valence-electron chi connectivity index (χ2n) is 6.61. The second-order valence-corrected chi connectivity index (χ2v) is 7.04. The molecule has 0 saturated carbocycles. The van der Waals surface area contributed by atoms with Crippen molar-refractivity contribution in [2.75, 3.05) is 29.9 Å². The van der Waals surface area contributed by atoms with Crippen molar-refractivity contribution in [2.45, 2.75) is 25.7 Å². The Morgan fingerprint density at radius 2 is 1.63 bits per heavy atom. The van der Waals surface area contributed by atoms with Crippen LogP contribution in [0.4, 0.5) is 11.4 Å². The van der Waals surface area contributed by atoms with Crippen molar-refractivity contribution < 1.29 is 14.3 Å². The number of nitrogens with zero attached hydrogens (tertiary/aromatic N) is 1. The van der Waals surface area contributed by atoms with E-state index in [9.17, 15) is 9.59 Å². The number of anilines is 2. The van der Waals surface area contributed by atoms with Crippen LogP contribution in [0.1, 0.15) is 24.8 Å². The first-order valence-electron chi connectivity index (χ1n) is 9.15. The molecule has 1 aliphatic heterocycles. The fourth-order valence-electron chi connectivity index (χ4n) is 3.07. The van der Waals surface area contributed by atoms with Crippen LogP contribution in [0, 0.1) is 0 Å². The number of hydrogen-bond donors (Lipinski definition) is 1. The number of halogens is 1. The first-order chi connectivity index (χ1) is 13.1. The molecule has 0 bridgehead atoms. The van der Waals surface area contributed by atoms with E-state index in [0.29, 0.717) is 10.7 Å². The summed E-state index contributed by atoms with van der Waals surface area (Å²) in [5, 5.41) is 3.36. The molecule has 6 heteroatoms. The Morgan fingerprint density at radius 1 is 0.963 bits per heavy atom. The maximum absolute atomic E-state index is 12.0. The van der Waals surface area contributed by atoms with E-state index in [-0.39, 0.29) is 18.9 Å². The van der Waals surface area contributed by atoms with Crippen molar-refractivity contribution >= 4 is 34.9 Å². The highest BCUT2D eigenvalue weighted by Crippen LogP contribution is 2.21. The van der Waals surface area contributed by atoms with Crippen LogP contribution in [0.2, 0.25) is 5.02 Å². The predicted molar refractivity (Wildman–Crippen MR) is 107 cm³/mol. The molecule has 3 rings (SSSR count). The van der Waals surface area contributed by atoms with Gasteiger partial charge in [-0.1, -0.05) is 23.7 Å². The van der Waals surface area contributed by atoms with Gasteiger partial charge in [-0.3, -0.25) is 9.59 Å². The van der Waals surface area contributed by atoms with Crippen LogP contribution < -0.4 is 10.2 Å². The molecule has 0 aliphatic carbocycles. The number of nitrogens with one attached hydrogen (secondary N) is 1. The van der Waals surface area contributed by atoms with Gasteiger partial charge in [-0.25, -0.2) is 0 Å².